The fourth-order valence-corrected chi connectivity index (χ4v) is 3.34. The van der Waals surface area contributed by atoms with E-state index in [-0.39, 0.29) is 11.9 Å². The average molecular weight is 336 g/mol. The Kier molecular flexibility index (Phi) is 4.28. The molecule has 0 radical (unpaired) electrons. The molecule has 4 heterocycles. The molecule has 1 amide bonds. The Morgan fingerprint density at radius 3 is 2.96 bits per heavy atom. The minimum atomic E-state index is 0.0561. The van der Waals surface area contributed by atoms with Crippen LogP contribution < -0.4 is 0 Å². The van der Waals surface area contributed by atoms with Gasteiger partial charge in [0.05, 0.1) is 12.6 Å². The molecule has 0 unspecified atom stereocenters. The summed E-state index contributed by atoms with van der Waals surface area (Å²) in [5, 5.41) is 4.28. The van der Waals surface area contributed by atoms with Crippen LogP contribution in [0.4, 0.5) is 0 Å². The van der Waals surface area contributed by atoms with E-state index < -0.39 is 0 Å². The van der Waals surface area contributed by atoms with E-state index in [4.69, 9.17) is 0 Å². The van der Waals surface area contributed by atoms with Gasteiger partial charge in [0.2, 0.25) is 0 Å². The highest BCUT2D eigenvalue weighted by molar-refractivity contribution is 5.94. The van der Waals surface area contributed by atoms with Crippen LogP contribution in [0.3, 0.4) is 0 Å². The molecule has 3 aromatic rings. The summed E-state index contributed by atoms with van der Waals surface area (Å²) < 4.78 is 3.70. The van der Waals surface area contributed by atoms with Crippen molar-refractivity contribution >= 4 is 5.91 Å². The van der Waals surface area contributed by atoms with Gasteiger partial charge in [-0.2, -0.15) is 5.10 Å². The summed E-state index contributed by atoms with van der Waals surface area (Å²) in [6.45, 7) is 1.52. The third-order valence-electron chi connectivity index (χ3n) is 4.61. The fourth-order valence-electron chi connectivity index (χ4n) is 3.34. The lowest BCUT2D eigenvalue weighted by atomic mass is 10.0. The first-order valence-corrected chi connectivity index (χ1v) is 8.54. The minimum absolute atomic E-state index is 0.0561. The van der Waals surface area contributed by atoms with Crippen molar-refractivity contribution < 1.29 is 4.79 Å². The van der Waals surface area contributed by atoms with Gasteiger partial charge in [-0.15, -0.1) is 0 Å². The SMILES string of the molecule is O=C(c1ccnc(-n2ccnc2)c1)N1CCCC[C@H]1Cn1cccn1. The maximum absolute atomic E-state index is 13.1. The summed E-state index contributed by atoms with van der Waals surface area (Å²) in [5.74, 6) is 0.754. The first-order valence-electron chi connectivity index (χ1n) is 8.54. The molecule has 4 rings (SSSR count). The van der Waals surface area contributed by atoms with Crippen LogP contribution in [0.2, 0.25) is 0 Å². The maximum atomic E-state index is 13.1. The molecule has 0 aromatic carbocycles. The summed E-state index contributed by atoms with van der Waals surface area (Å²) in [5.41, 5.74) is 0.658. The molecule has 1 fully saturated rings. The largest absolute Gasteiger partial charge is 0.334 e. The Balaban J connectivity index is 1.57. The second-order valence-electron chi connectivity index (χ2n) is 6.25. The van der Waals surface area contributed by atoms with Crippen LogP contribution in [-0.2, 0) is 6.54 Å². The van der Waals surface area contributed by atoms with E-state index in [9.17, 15) is 4.79 Å². The second-order valence-corrected chi connectivity index (χ2v) is 6.25. The van der Waals surface area contributed by atoms with E-state index in [1.165, 1.54) is 0 Å². The Morgan fingerprint density at radius 1 is 1.20 bits per heavy atom. The van der Waals surface area contributed by atoms with Crippen molar-refractivity contribution in [3.8, 4) is 5.82 Å². The lowest BCUT2D eigenvalue weighted by molar-refractivity contribution is 0.0583. The zero-order valence-electron chi connectivity index (χ0n) is 13.9. The second kappa shape index (κ2) is 6.88. The topological polar surface area (TPSA) is 68.8 Å². The zero-order chi connectivity index (χ0) is 17.1. The molecule has 0 saturated carbocycles. The molecule has 1 saturated heterocycles. The normalized spacial score (nSPS) is 17.6. The summed E-state index contributed by atoms with van der Waals surface area (Å²) in [7, 11) is 0. The maximum Gasteiger partial charge on any atom is 0.254 e. The smallest absolute Gasteiger partial charge is 0.254 e. The number of nitrogens with zero attached hydrogens (tertiary/aromatic N) is 6. The summed E-state index contributed by atoms with van der Waals surface area (Å²) in [6, 6.07) is 5.69. The van der Waals surface area contributed by atoms with Crippen molar-refractivity contribution in [2.45, 2.75) is 31.8 Å². The molecule has 0 spiro atoms. The standard InChI is InChI=1S/C18H20N6O/c25-18(15-5-7-20-17(12-15)22-11-8-19-14-22)24-10-2-1-4-16(24)13-23-9-3-6-21-23/h3,5-9,11-12,14,16H,1-2,4,10,13H2/t16-/m0/s1. The molecule has 7 heteroatoms. The molecule has 3 aromatic heterocycles. The van der Waals surface area contributed by atoms with Crippen molar-refractivity contribution in [3.05, 3.63) is 61.1 Å². The summed E-state index contributed by atoms with van der Waals surface area (Å²) >= 11 is 0. The summed E-state index contributed by atoms with van der Waals surface area (Å²) in [4.78, 5) is 23.5. The number of piperidine rings is 1. The molecule has 1 aliphatic heterocycles. The monoisotopic (exact) mass is 336 g/mol. The number of carbonyl (C=O) groups excluding carboxylic acids is 1. The molecule has 25 heavy (non-hydrogen) atoms. The van der Waals surface area contributed by atoms with E-state index in [1.807, 2.05) is 34.1 Å². The van der Waals surface area contributed by atoms with E-state index in [2.05, 4.69) is 15.1 Å². The van der Waals surface area contributed by atoms with Gasteiger partial charge in [0.25, 0.3) is 5.91 Å². The highest BCUT2D eigenvalue weighted by atomic mass is 16.2. The fraction of sp³-hybridized carbons (Fsp3) is 0.333. The molecular weight excluding hydrogens is 316 g/mol. The number of aromatic nitrogens is 5. The highest BCUT2D eigenvalue weighted by Gasteiger charge is 2.28. The molecule has 7 nitrogen and oxygen atoms in total. The third kappa shape index (κ3) is 3.31. The van der Waals surface area contributed by atoms with Gasteiger partial charge in [-0.25, -0.2) is 9.97 Å². The predicted molar refractivity (Wildman–Crippen MR) is 92.3 cm³/mol. The van der Waals surface area contributed by atoms with Crippen molar-refractivity contribution in [1.29, 1.82) is 0 Å². The molecule has 128 valence electrons. The molecular formula is C18H20N6O. The average Bonchev–Trinajstić information content (AvgIpc) is 3.36. The van der Waals surface area contributed by atoms with Gasteiger partial charge >= 0.3 is 0 Å². The Labute approximate surface area is 145 Å². The number of pyridine rings is 1. The number of carbonyl (C=O) groups is 1. The third-order valence-corrected chi connectivity index (χ3v) is 4.61. The quantitative estimate of drug-likeness (QED) is 0.732. The van der Waals surface area contributed by atoms with E-state index in [0.717, 1.165) is 32.4 Å². The van der Waals surface area contributed by atoms with Crippen LogP contribution in [0.15, 0.2) is 55.5 Å². The summed E-state index contributed by atoms with van der Waals surface area (Å²) in [6.07, 6.45) is 13.8. The number of amides is 1. The van der Waals surface area contributed by atoms with E-state index in [0.29, 0.717) is 11.4 Å². The van der Waals surface area contributed by atoms with Crippen LogP contribution >= 0.6 is 0 Å². The molecule has 1 atom stereocenters. The van der Waals surface area contributed by atoms with Crippen LogP contribution in [0.5, 0.6) is 0 Å². The Hall–Kier alpha value is -2.96. The van der Waals surface area contributed by atoms with Crippen molar-refractivity contribution in [2.24, 2.45) is 0 Å². The highest BCUT2D eigenvalue weighted by Crippen LogP contribution is 2.21. The van der Waals surface area contributed by atoms with Gasteiger partial charge in [0, 0.05) is 43.1 Å². The van der Waals surface area contributed by atoms with Gasteiger partial charge in [0.15, 0.2) is 0 Å². The Morgan fingerprint density at radius 2 is 2.16 bits per heavy atom. The van der Waals surface area contributed by atoms with E-state index in [1.54, 1.807) is 35.6 Å². The lowest BCUT2D eigenvalue weighted by Crippen LogP contribution is -2.46. The van der Waals surface area contributed by atoms with Crippen molar-refractivity contribution in [3.63, 3.8) is 0 Å². The predicted octanol–water partition coefficient (Wildman–Crippen LogP) is 2.16. The van der Waals surface area contributed by atoms with Crippen LogP contribution in [0.1, 0.15) is 29.6 Å². The number of likely N-dealkylation sites (tertiary alicyclic amines) is 1. The first-order chi connectivity index (χ1) is 12.3. The minimum Gasteiger partial charge on any atom is -0.334 e. The number of rotatable bonds is 4. The van der Waals surface area contributed by atoms with Crippen LogP contribution in [0, 0.1) is 0 Å². The molecule has 0 bridgehead atoms. The van der Waals surface area contributed by atoms with Crippen LogP contribution in [-0.4, -0.2) is 47.7 Å². The number of imidazole rings is 1. The van der Waals surface area contributed by atoms with Crippen molar-refractivity contribution in [2.75, 3.05) is 6.54 Å². The van der Waals surface area contributed by atoms with Gasteiger partial charge in [0.1, 0.15) is 12.1 Å². The van der Waals surface area contributed by atoms with Gasteiger partial charge in [-0.05, 0) is 37.5 Å². The number of hydrogen-bond acceptors (Lipinski definition) is 4. The van der Waals surface area contributed by atoms with E-state index >= 15 is 0 Å². The lowest BCUT2D eigenvalue weighted by Gasteiger charge is -2.35. The van der Waals surface area contributed by atoms with Gasteiger partial charge < -0.3 is 4.90 Å². The number of hydrogen-bond donors (Lipinski definition) is 0. The van der Waals surface area contributed by atoms with Gasteiger partial charge in [-0.1, -0.05) is 0 Å². The van der Waals surface area contributed by atoms with Crippen LogP contribution in [0.25, 0.3) is 5.82 Å². The first kappa shape index (κ1) is 15.6. The zero-order valence-corrected chi connectivity index (χ0v) is 13.9. The Bertz CT molecular complexity index is 827. The molecule has 1 aliphatic rings. The molecule has 0 N–H and O–H groups in total. The van der Waals surface area contributed by atoms with Gasteiger partial charge in [-0.3, -0.25) is 14.0 Å². The molecule has 0 aliphatic carbocycles. The van der Waals surface area contributed by atoms with Crippen molar-refractivity contribution in [1.82, 2.24) is 29.2 Å².